The SMILES string of the molecule is CC(=O)OCC=C(C)CCC=C(C)CCC=C(C)C(OC(C)=O)OC(OC(C)=O)C(C)=CCCC(C)=CCCC(C)=CCOC(C)=O. The number of ether oxygens (including phenoxy) is 5. The maximum absolute atomic E-state index is 11.9. The third kappa shape index (κ3) is 25.1. The summed E-state index contributed by atoms with van der Waals surface area (Å²) >= 11 is 0. The molecule has 0 radical (unpaired) electrons. The molecule has 2 unspecified atom stereocenters. The number of esters is 4. The molecule has 0 aliphatic rings. The minimum atomic E-state index is -1.01. The molecular weight excluding hydrogens is 600 g/mol. The van der Waals surface area contributed by atoms with Gasteiger partial charge in [-0.2, -0.15) is 0 Å². The van der Waals surface area contributed by atoms with Gasteiger partial charge in [0.1, 0.15) is 13.2 Å². The zero-order valence-electron chi connectivity index (χ0n) is 30.4. The first-order chi connectivity index (χ1) is 22.1. The highest BCUT2D eigenvalue weighted by Gasteiger charge is 2.24. The summed E-state index contributed by atoms with van der Waals surface area (Å²) < 4.78 is 26.9. The van der Waals surface area contributed by atoms with Gasteiger partial charge < -0.3 is 18.9 Å². The summed E-state index contributed by atoms with van der Waals surface area (Å²) in [7, 11) is 0. The standard InChI is InChI=1S/C38H58O9/c1-27(15-11-17-29(3)23-25-43-33(7)39)19-13-21-31(5)37(45-35(9)41)47-38(46-36(10)42)32(6)22-14-20-28(2)16-12-18-30(4)24-26-44-34(8)40/h15-16,21-24,37-38H,11-14,17-20,25-26H2,1-10H3. The van der Waals surface area contributed by atoms with Crippen molar-refractivity contribution in [2.75, 3.05) is 13.2 Å². The van der Waals surface area contributed by atoms with Crippen LogP contribution < -0.4 is 0 Å². The van der Waals surface area contributed by atoms with Gasteiger partial charge in [-0.1, -0.05) is 46.6 Å². The lowest BCUT2D eigenvalue weighted by atomic mass is 10.1. The Bertz CT molecular complexity index is 1110. The number of hydrogen-bond donors (Lipinski definition) is 0. The van der Waals surface area contributed by atoms with Crippen LogP contribution in [0.4, 0.5) is 0 Å². The summed E-state index contributed by atoms with van der Waals surface area (Å²) in [6, 6.07) is 0. The average Bonchev–Trinajstić information content (AvgIpc) is 2.95. The molecule has 0 amide bonds. The molecule has 0 N–H and O–H groups in total. The Morgan fingerprint density at radius 2 is 0.723 bits per heavy atom. The molecule has 0 saturated carbocycles. The quantitative estimate of drug-likeness (QED) is 0.0487. The highest BCUT2D eigenvalue weighted by Crippen LogP contribution is 2.20. The zero-order valence-corrected chi connectivity index (χ0v) is 30.4. The summed E-state index contributed by atoms with van der Waals surface area (Å²) in [6.07, 6.45) is 16.8. The second kappa shape index (κ2) is 25.4. The van der Waals surface area contributed by atoms with Gasteiger partial charge in [-0.05, 0) is 116 Å². The van der Waals surface area contributed by atoms with E-state index in [4.69, 9.17) is 23.7 Å². The van der Waals surface area contributed by atoms with Gasteiger partial charge in [0.25, 0.3) is 0 Å². The molecule has 0 fully saturated rings. The van der Waals surface area contributed by atoms with E-state index in [0.717, 1.165) is 51.4 Å². The topological polar surface area (TPSA) is 114 Å². The predicted molar refractivity (Wildman–Crippen MR) is 185 cm³/mol. The maximum Gasteiger partial charge on any atom is 0.305 e. The molecule has 9 nitrogen and oxygen atoms in total. The van der Waals surface area contributed by atoms with Crippen molar-refractivity contribution in [2.24, 2.45) is 0 Å². The van der Waals surface area contributed by atoms with Crippen molar-refractivity contribution in [2.45, 2.75) is 133 Å². The van der Waals surface area contributed by atoms with Gasteiger partial charge in [0.2, 0.25) is 12.6 Å². The van der Waals surface area contributed by atoms with Crippen LogP contribution in [0.15, 0.2) is 69.9 Å². The number of carbonyl (C=O) groups is 4. The Balaban J connectivity index is 5.22. The first-order valence-corrected chi connectivity index (χ1v) is 16.3. The largest absolute Gasteiger partial charge is 0.462 e. The van der Waals surface area contributed by atoms with Gasteiger partial charge in [-0.3, -0.25) is 23.9 Å². The molecule has 0 aromatic rings. The summed E-state index contributed by atoms with van der Waals surface area (Å²) in [5, 5.41) is 0. The van der Waals surface area contributed by atoms with Crippen LogP contribution in [0.5, 0.6) is 0 Å². The van der Waals surface area contributed by atoms with Crippen molar-refractivity contribution in [1.29, 1.82) is 0 Å². The van der Waals surface area contributed by atoms with Crippen molar-refractivity contribution < 1.29 is 42.9 Å². The lowest BCUT2D eigenvalue weighted by Gasteiger charge is -2.25. The molecule has 0 heterocycles. The Kier molecular flexibility index (Phi) is 23.4. The van der Waals surface area contributed by atoms with E-state index in [1.165, 1.54) is 50.0 Å². The van der Waals surface area contributed by atoms with Crippen LogP contribution in [0.1, 0.15) is 121 Å². The van der Waals surface area contributed by atoms with Crippen LogP contribution in [0, 0.1) is 0 Å². The summed E-state index contributed by atoms with van der Waals surface area (Å²) in [5.74, 6) is -1.58. The second-order valence-electron chi connectivity index (χ2n) is 11.9. The molecule has 0 spiro atoms. The molecular formula is C38H58O9. The van der Waals surface area contributed by atoms with Gasteiger partial charge in [-0.15, -0.1) is 0 Å². The van der Waals surface area contributed by atoms with Gasteiger partial charge in [0.05, 0.1) is 0 Å². The van der Waals surface area contributed by atoms with Gasteiger partial charge in [-0.25, -0.2) is 0 Å². The smallest absolute Gasteiger partial charge is 0.305 e. The molecule has 0 aliphatic heterocycles. The fourth-order valence-electron chi connectivity index (χ4n) is 4.22. The first-order valence-electron chi connectivity index (χ1n) is 16.3. The highest BCUT2D eigenvalue weighted by atomic mass is 16.8. The van der Waals surface area contributed by atoms with Crippen LogP contribution in [0.3, 0.4) is 0 Å². The van der Waals surface area contributed by atoms with E-state index in [2.05, 4.69) is 26.0 Å². The number of carbonyl (C=O) groups excluding carboxylic acids is 4. The minimum Gasteiger partial charge on any atom is -0.462 e. The van der Waals surface area contributed by atoms with Gasteiger partial charge in [0, 0.05) is 27.7 Å². The Morgan fingerprint density at radius 3 is 1.02 bits per heavy atom. The van der Waals surface area contributed by atoms with E-state index in [-0.39, 0.29) is 11.9 Å². The fraction of sp³-hybridized carbons (Fsp3) is 0.579. The maximum atomic E-state index is 11.9. The van der Waals surface area contributed by atoms with E-state index >= 15 is 0 Å². The molecule has 0 bridgehead atoms. The molecule has 264 valence electrons. The number of allylic oxidation sites excluding steroid dienone is 8. The Labute approximate surface area is 282 Å². The number of rotatable bonds is 22. The molecule has 0 aliphatic carbocycles. The van der Waals surface area contributed by atoms with Crippen LogP contribution in [-0.4, -0.2) is 49.7 Å². The minimum absolute atomic E-state index is 0.288. The van der Waals surface area contributed by atoms with Crippen molar-refractivity contribution in [1.82, 2.24) is 0 Å². The van der Waals surface area contributed by atoms with E-state index < -0.39 is 24.5 Å². The molecule has 0 aromatic heterocycles. The van der Waals surface area contributed by atoms with Crippen molar-refractivity contribution >= 4 is 23.9 Å². The van der Waals surface area contributed by atoms with Crippen molar-refractivity contribution in [3.8, 4) is 0 Å². The molecule has 9 heteroatoms. The number of hydrogen-bond acceptors (Lipinski definition) is 9. The first kappa shape index (κ1) is 43.3. The van der Waals surface area contributed by atoms with E-state index in [0.29, 0.717) is 24.4 Å². The zero-order chi connectivity index (χ0) is 35.8. The molecule has 47 heavy (non-hydrogen) atoms. The van der Waals surface area contributed by atoms with Crippen LogP contribution in [0.25, 0.3) is 0 Å². The Morgan fingerprint density at radius 1 is 0.426 bits per heavy atom. The summed E-state index contributed by atoms with van der Waals surface area (Å²) in [5.41, 5.74) is 6.22. The van der Waals surface area contributed by atoms with E-state index in [1.807, 2.05) is 52.0 Å². The van der Waals surface area contributed by atoms with Crippen LogP contribution in [0.2, 0.25) is 0 Å². The molecule has 0 saturated heterocycles. The highest BCUT2D eigenvalue weighted by molar-refractivity contribution is 5.67. The fourth-order valence-corrected chi connectivity index (χ4v) is 4.22. The lowest BCUT2D eigenvalue weighted by molar-refractivity contribution is -0.215. The lowest BCUT2D eigenvalue weighted by Crippen LogP contribution is -2.31. The Hall–Kier alpha value is -3.72. The third-order valence-electron chi connectivity index (χ3n) is 7.05. The monoisotopic (exact) mass is 658 g/mol. The second-order valence-corrected chi connectivity index (χ2v) is 11.9. The summed E-state index contributed by atoms with van der Waals surface area (Å²) in [6.45, 7) is 17.9. The van der Waals surface area contributed by atoms with Crippen molar-refractivity contribution in [3.05, 3.63) is 69.9 Å². The van der Waals surface area contributed by atoms with E-state index in [9.17, 15) is 19.2 Å². The third-order valence-corrected chi connectivity index (χ3v) is 7.05. The van der Waals surface area contributed by atoms with E-state index in [1.54, 1.807) is 0 Å². The predicted octanol–water partition coefficient (Wildman–Crippen LogP) is 8.71. The van der Waals surface area contributed by atoms with Gasteiger partial charge >= 0.3 is 23.9 Å². The van der Waals surface area contributed by atoms with Crippen LogP contribution >= 0.6 is 0 Å². The average molecular weight is 659 g/mol. The molecule has 0 rings (SSSR count). The summed E-state index contributed by atoms with van der Waals surface area (Å²) in [4.78, 5) is 45.6. The molecule has 0 aromatic carbocycles. The van der Waals surface area contributed by atoms with Gasteiger partial charge in [0.15, 0.2) is 0 Å². The van der Waals surface area contributed by atoms with Crippen LogP contribution in [-0.2, 0) is 42.9 Å². The molecule has 2 atom stereocenters. The normalized spacial score (nSPS) is 14.8. The van der Waals surface area contributed by atoms with Crippen molar-refractivity contribution in [3.63, 3.8) is 0 Å².